The highest BCUT2D eigenvalue weighted by Gasteiger charge is 2.05. The highest BCUT2D eigenvalue weighted by molar-refractivity contribution is 5.85. The summed E-state index contributed by atoms with van der Waals surface area (Å²) >= 11 is 0. The standard InChI is InChI=1S/C6H7FN2O.ClH/c1-10-5-4(8)2-3-9-6(5)7;/h2-3H,1H3,(H2,8,9);1H. The van der Waals surface area contributed by atoms with E-state index < -0.39 is 5.95 Å². The van der Waals surface area contributed by atoms with Gasteiger partial charge in [0.1, 0.15) is 0 Å². The van der Waals surface area contributed by atoms with Gasteiger partial charge in [-0.05, 0) is 6.07 Å². The lowest BCUT2D eigenvalue weighted by atomic mass is 10.4. The van der Waals surface area contributed by atoms with Crippen molar-refractivity contribution in [3.63, 3.8) is 0 Å². The molecule has 0 aliphatic rings. The molecular formula is C6H8ClFN2O. The molecule has 0 atom stereocenters. The second-order valence-electron chi connectivity index (χ2n) is 1.72. The van der Waals surface area contributed by atoms with Crippen LogP contribution in [-0.2, 0) is 0 Å². The van der Waals surface area contributed by atoms with Crippen LogP contribution < -0.4 is 10.5 Å². The molecular weight excluding hydrogens is 171 g/mol. The molecule has 1 aromatic rings. The van der Waals surface area contributed by atoms with Gasteiger partial charge < -0.3 is 10.5 Å². The molecule has 5 heteroatoms. The maximum Gasteiger partial charge on any atom is 0.257 e. The number of nitrogen functional groups attached to an aromatic ring is 1. The van der Waals surface area contributed by atoms with E-state index in [1.165, 1.54) is 19.4 Å². The van der Waals surface area contributed by atoms with Crippen LogP contribution in [0.3, 0.4) is 0 Å². The smallest absolute Gasteiger partial charge is 0.257 e. The number of aromatic nitrogens is 1. The fourth-order valence-electron chi connectivity index (χ4n) is 0.638. The predicted octanol–water partition coefficient (Wildman–Crippen LogP) is 1.23. The first-order valence-corrected chi connectivity index (χ1v) is 2.69. The molecule has 0 unspecified atom stereocenters. The molecule has 0 fully saturated rings. The SMILES string of the molecule is COc1c(N)ccnc1F.Cl. The number of ether oxygens (including phenoxy) is 1. The minimum atomic E-state index is -0.678. The summed E-state index contributed by atoms with van der Waals surface area (Å²) in [4.78, 5) is 3.34. The number of hydrogen-bond acceptors (Lipinski definition) is 3. The summed E-state index contributed by atoms with van der Waals surface area (Å²) in [5, 5.41) is 0. The third-order valence-electron chi connectivity index (χ3n) is 1.10. The minimum absolute atomic E-state index is 0. The van der Waals surface area contributed by atoms with Gasteiger partial charge >= 0.3 is 0 Å². The van der Waals surface area contributed by atoms with Gasteiger partial charge in [-0.3, -0.25) is 0 Å². The Balaban J connectivity index is 0.000001000. The average molecular weight is 179 g/mol. The third kappa shape index (κ3) is 1.94. The lowest BCUT2D eigenvalue weighted by Gasteiger charge is -2.02. The molecule has 0 radical (unpaired) electrons. The van der Waals surface area contributed by atoms with Crippen LogP contribution in [0.25, 0.3) is 0 Å². The van der Waals surface area contributed by atoms with Gasteiger partial charge in [0.2, 0.25) is 0 Å². The van der Waals surface area contributed by atoms with Crippen LogP contribution in [0.2, 0.25) is 0 Å². The monoisotopic (exact) mass is 178 g/mol. The third-order valence-corrected chi connectivity index (χ3v) is 1.10. The molecule has 0 bridgehead atoms. The van der Waals surface area contributed by atoms with Crippen molar-refractivity contribution < 1.29 is 9.13 Å². The fraction of sp³-hybridized carbons (Fsp3) is 0.167. The molecule has 0 aliphatic carbocycles. The zero-order valence-corrected chi connectivity index (χ0v) is 6.69. The topological polar surface area (TPSA) is 48.1 Å². The molecule has 3 nitrogen and oxygen atoms in total. The van der Waals surface area contributed by atoms with E-state index >= 15 is 0 Å². The predicted molar refractivity (Wildman–Crippen MR) is 42.4 cm³/mol. The summed E-state index contributed by atoms with van der Waals surface area (Å²) in [7, 11) is 1.34. The number of rotatable bonds is 1. The Kier molecular flexibility index (Phi) is 3.60. The summed E-state index contributed by atoms with van der Waals surface area (Å²) in [5.74, 6) is -0.676. The van der Waals surface area contributed by atoms with Gasteiger partial charge in [0.25, 0.3) is 5.95 Å². The van der Waals surface area contributed by atoms with E-state index in [-0.39, 0.29) is 23.8 Å². The largest absolute Gasteiger partial charge is 0.490 e. The molecule has 1 aromatic heterocycles. The highest BCUT2D eigenvalue weighted by atomic mass is 35.5. The summed E-state index contributed by atoms with van der Waals surface area (Å²) in [6.07, 6.45) is 1.28. The molecule has 0 saturated carbocycles. The van der Waals surface area contributed by atoms with Crippen molar-refractivity contribution in [2.45, 2.75) is 0 Å². The lowest BCUT2D eigenvalue weighted by Crippen LogP contribution is -1.96. The van der Waals surface area contributed by atoms with Crippen molar-refractivity contribution in [1.29, 1.82) is 0 Å². The molecule has 0 spiro atoms. The highest BCUT2D eigenvalue weighted by Crippen LogP contribution is 2.21. The molecule has 2 N–H and O–H groups in total. The summed E-state index contributed by atoms with van der Waals surface area (Å²) in [6.45, 7) is 0. The first-order chi connectivity index (χ1) is 4.75. The lowest BCUT2D eigenvalue weighted by molar-refractivity contribution is 0.380. The minimum Gasteiger partial charge on any atom is -0.490 e. The maximum atomic E-state index is 12.5. The zero-order valence-electron chi connectivity index (χ0n) is 5.87. The second kappa shape index (κ2) is 3.98. The number of nitrogens with two attached hydrogens (primary N) is 1. The zero-order chi connectivity index (χ0) is 7.56. The number of methoxy groups -OCH3 is 1. The normalized spacial score (nSPS) is 8.55. The van der Waals surface area contributed by atoms with Crippen molar-refractivity contribution in [2.75, 3.05) is 12.8 Å². The number of anilines is 1. The molecule has 0 saturated heterocycles. The van der Waals surface area contributed by atoms with Crippen molar-refractivity contribution in [2.24, 2.45) is 0 Å². The molecule has 62 valence electrons. The number of pyridine rings is 1. The number of hydrogen-bond donors (Lipinski definition) is 1. The van der Waals surface area contributed by atoms with Gasteiger partial charge in [-0.15, -0.1) is 12.4 Å². The van der Waals surface area contributed by atoms with E-state index in [1.807, 2.05) is 0 Å². The van der Waals surface area contributed by atoms with Gasteiger partial charge in [0.05, 0.1) is 12.8 Å². The molecule has 0 aromatic carbocycles. The number of halogens is 2. The summed E-state index contributed by atoms with van der Waals surface area (Å²) < 4.78 is 17.1. The van der Waals surface area contributed by atoms with E-state index in [1.54, 1.807) is 0 Å². The molecule has 0 amide bonds. The average Bonchev–Trinajstić information content (AvgIpc) is 1.88. The Morgan fingerprint density at radius 2 is 2.27 bits per heavy atom. The van der Waals surface area contributed by atoms with Crippen LogP contribution in [0.4, 0.5) is 10.1 Å². The van der Waals surface area contributed by atoms with E-state index in [4.69, 9.17) is 5.73 Å². The van der Waals surface area contributed by atoms with Gasteiger partial charge in [0.15, 0.2) is 5.75 Å². The fourth-order valence-corrected chi connectivity index (χ4v) is 0.638. The van der Waals surface area contributed by atoms with E-state index in [0.29, 0.717) is 0 Å². The van der Waals surface area contributed by atoms with Gasteiger partial charge in [-0.2, -0.15) is 4.39 Å². The number of nitrogens with zero attached hydrogens (tertiary/aromatic N) is 1. The van der Waals surface area contributed by atoms with E-state index in [9.17, 15) is 4.39 Å². The van der Waals surface area contributed by atoms with Crippen LogP contribution in [0.1, 0.15) is 0 Å². The Morgan fingerprint density at radius 3 is 2.64 bits per heavy atom. The quantitative estimate of drug-likeness (QED) is 0.659. The molecule has 11 heavy (non-hydrogen) atoms. The maximum absolute atomic E-state index is 12.5. The van der Waals surface area contributed by atoms with Crippen LogP contribution in [-0.4, -0.2) is 12.1 Å². The van der Waals surface area contributed by atoms with Crippen molar-refractivity contribution in [1.82, 2.24) is 4.98 Å². The Labute approximate surface area is 69.8 Å². The van der Waals surface area contributed by atoms with E-state index in [0.717, 1.165) is 0 Å². The van der Waals surface area contributed by atoms with Gasteiger partial charge in [-0.1, -0.05) is 0 Å². The van der Waals surface area contributed by atoms with Crippen LogP contribution >= 0.6 is 12.4 Å². The second-order valence-corrected chi connectivity index (χ2v) is 1.72. The summed E-state index contributed by atoms with van der Waals surface area (Å²) in [5.41, 5.74) is 5.59. The van der Waals surface area contributed by atoms with Gasteiger partial charge in [0, 0.05) is 6.20 Å². The van der Waals surface area contributed by atoms with Crippen LogP contribution in [0.5, 0.6) is 5.75 Å². The van der Waals surface area contributed by atoms with E-state index in [2.05, 4.69) is 9.72 Å². The first kappa shape index (κ1) is 9.97. The van der Waals surface area contributed by atoms with Crippen molar-refractivity contribution in [3.05, 3.63) is 18.2 Å². The first-order valence-electron chi connectivity index (χ1n) is 2.69. The Hall–Kier alpha value is -1.03. The molecule has 1 heterocycles. The van der Waals surface area contributed by atoms with Crippen LogP contribution in [0.15, 0.2) is 12.3 Å². The van der Waals surface area contributed by atoms with Gasteiger partial charge in [-0.25, -0.2) is 4.98 Å². The van der Waals surface area contributed by atoms with Crippen molar-refractivity contribution >= 4 is 18.1 Å². The Morgan fingerprint density at radius 1 is 1.64 bits per heavy atom. The summed E-state index contributed by atoms with van der Waals surface area (Å²) in [6, 6.07) is 1.47. The van der Waals surface area contributed by atoms with Crippen LogP contribution in [0, 0.1) is 5.95 Å². The molecule has 0 aliphatic heterocycles. The Bertz CT molecular complexity index is 224. The molecule has 1 rings (SSSR count). The van der Waals surface area contributed by atoms with Crippen molar-refractivity contribution in [3.8, 4) is 5.75 Å².